The Morgan fingerprint density at radius 2 is 1.82 bits per heavy atom. The average molecular weight is 483 g/mol. The number of hydrogen-bond donors (Lipinski definition) is 2. The zero-order valence-corrected chi connectivity index (χ0v) is 19.7. The van der Waals surface area contributed by atoms with E-state index in [1.165, 1.54) is 0 Å². The Morgan fingerprint density at radius 3 is 2.38 bits per heavy atom. The molecule has 3 rings (SSSR count). The molecule has 2 aliphatic heterocycles. The van der Waals surface area contributed by atoms with E-state index < -0.39 is 35.2 Å². The van der Waals surface area contributed by atoms with Crippen LogP contribution in [-0.4, -0.2) is 97.3 Å². The second-order valence-electron chi connectivity index (χ2n) is 9.63. The van der Waals surface area contributed by atoms with Gasteiger partial charge in [0.2, 0.25) is 0 Å². The Balaban J connectivity index is 1.40. The molecule has 2 aliphatic rings. The number of fused-ring (bicyclic) bond motifs is 2. The van der Waals surface area contributed by atoms with Crippen LogP contribution in [0, 0.1) is 23.0 Å². The van der Waals surface area contributed by atoms with Gasteiger partial charge in [0.1, 0.15) is 18.3 Å². The maximum Gasteiger partial charge on any atom is 0.407 e. The highest BCUT2D eigenvalue weighted by molar-refractivity contribution is 5.67. The lowest BCUT2D eigenvalue weighted by atomic mass is 10.1. The normalized spacial score (nSPS) is 22.0. The summed E-state index contributed by atoms with van der Waals surface area (Å²) in [6.07, 6.45) is -1.49. The average Bonchev–Trinajstić information content (AvgIpc) is 2.71. The summed E-state index contributed by atoms with van der Waals surface area (Å²) in [6, 6.07) is 3.45. The molecule has 0 radical (unpaired) electrons. The number of β-amino-alcohol motifs (C(OH)–C–C–N with tert-alkyl or cyclic N) is 1. The van der Waals surface area contributed by atoms with Crippen LogP contribution in [0.1, 0.15) is 26.3 Å². The molecule has 3 atom stereocenters. The van der Waals surface area contributed by atoms with Gasteiger partial charge in [0.05, 0.1) is 23.8 Å². The zero-order valence-electron chi connectivity index (χ0n) is 19.7. The molecule has 2 N–H and O–H groups in total. The second-order valence-corrected chi connectivity index (χ2v) is 9.63. The summed E-state index contributed by atoms with van der Waals surface area (Å²) in [6.45, 7) is 9.16. The Bertz CT molecular complexity index is 867. The number of carbonyl (C=O) groups excluding carboxylic acids is 1. The van der Waals surface area contributed by atoms with Crippen molar-refractivity contribution >= 4 is 6.09 Å². The smallest absolute Gasteiger partial charge is 0.407 e. The summed E-state index contributed by atoms with van der Waals surface area (Å²) < 4.78 is 44.3. The van der Waals surface area contributed by atoms with Crippen molar-refractivity contribution in [2.24, 2.45) is 0 Å². The Hall–Kier alpha value is -2.52. The van der Waals surface area contributed by atoms with Crippen molar-refractivity contribution in [3.05, 3.63) is 29.3 Å². The number of nitrogens with one attached hydrogen (secondary N) is 1. The van der Waals surface area contributed by atoms with Crippen molar-refractivity contribution < 1.29 is 32.9 Å². The first kappa shape index (κ1) is 26.1. The second kappa shape index (κ2) is 11.3. The molecule has 0 spiro atoms. The van der Waals surface area contributed by atoms with Gasteiger partial charge >= 0.3 is 6.09 Å². The molecule has 34 heavy (non-hydrogen) atoms. The van der Waals surface area contributed by atoms with Crippen molar-refractivity contribution in [1.29, 1.82) is 5.26 Å². The van der Waals surface area contributed by atoms with Crippen molar-refractivity contribution in [3.8, 4) is 11.8 Å². The molecule has 2 bridgehead atoms. The predicted octanol–water partition coefficient (Wildman–Crippen LogP) is 1.49. The summed E-state index contributed by atoms with van der Waals surface area (Å²) in [5, 5.41) is 21.9. The molecular weight excluding hydrogens is 450 g/mol. The fraction of sp³-hybridized carbons (Fsp3) is 0.652. The molecule has 1 aromatic carbocycles. The van der Waals surface area contributed by atoms with Crippen LogP contribution in [0.5, 0.6) is 5.75 Å². The van der Waals surface area contributed by atoms with Crippen LogP contribution in [-0.2, 0) is 9.47 Å². The lowest BCUT2D eigenvalue weighted by Gasteiger charge is -2.46. The maximum absolute atomic E-state index is 13.9. The fourth-order valence-electron chi connectivity index (χ4n) is 4.12. The predicted molar refractivity (Wildman–Crippen MR) is 118 cm³/mol. The van der Waals surface area contributed by atoms with Gasteiger partial charge in [0.25, 0.3) is 0 Å². The minimum Gasteiger partial charge on any atom is -0.485 e. The van der Waals surface area contributed by atoms with Gasteiger partial charge in [0, 0.05) is 45.8 Å². The summed E-state index contributed by atoms with van der Waals surface area (Å²) in [4.78, 5) is 16.1. The first-order valence-electron chi connectivity index (χ1n) is 11.3. The number of benzene rings is 1. The monoisotopic (exact) mass is 482 g/mol. The molecule has 1 amide bonds. The Labute approximate surface area is 198 Å². The third kappa shape index (κ3) is 7.77. The number of nitrogens with zero attached hydrogens (tertiary/aromatic N) is 3. The standard InChI is InChI=1S/C23H32F2N4O5/c1-23(2,3)34-22(31)27-4-5-28-10-17-12-29(13-18(11-28)33-17)9-16(30)14-32-21-19(24)6-15(8-26)7-20(21)25/h6-7,16-18,30H,4-5,9-14H2,1-3H3,(H,27,31). The molecule has 0 aromatic heterocycles. The highest BCUT2D eigenvalue weighted by Crippen LogP contribution is 2.24. The maximum atomic E-state index is 13.9. The van der Waals surface area contributed by atoms with Crippen LogP contribution < -0.4 is 10.1 Å². The number of hydrogen-bond acceptors (Lipinski definition) is 8. The number of ether oxygens (including phenoxy) is 3. The van der Waals surface area contributed by atoms with E-state index in [0.717, 1.165) is 12.1 Å². The first-order chi connectivity index (χ1) is 16.0. The van der Waals surface area contributed by atoms with E-state index in [1.54, 1.807) is 6.07 Å². The fourth-order valence-corrected chi connectivity index (χ4v) is 4.12. The molecule has 0 saturated carbocycles. The number of carbonyl (C=O) groups is 1. The van der Waals surface area contributed by atoms with E-state index in [-0.39, 0.29) is 30.9 Å². The molecule has 3 unspecified atom stereocenters. The van der Waals surface area contributed by atoms with Gasteiger partial charge in [-0.2, -0.15) is 5.26 Å². The number of alkyl carbamates (subject to hydrolysis) is 1. The number of nitriles is 1. The van der Waals surface area contributed by atoms with Gasteiger partial charge in [-0.15, -0.1) is 0 Å². The molecule has 2 heterocycles. The highest BCUT2D eigenvalue weighted by Gasteiger charge is 2.35. The van der Waals surface area contributed by atoms with Crippen molar-refractivity contribution in [2.75, 3.05) is 52.4 Å². The molecule has 9 nitrogen and oxygen atoms in total. The highest BCUT2D eigenvalue weighted by atomic mass is 19.1. The molecule has 188 valence electrons. The molecule has 2 saturated heterocycles. The quantitative estimate of drug-likeness (QED) is 0.574. The van der Waals surface area contributed by atoms with Crippen molar-refractivity contribution in [3.63, 3.8) is 0 Å². The number of rotatable bonds is 8. The molecule has 2 fully saturated rings. The van der Waals surface area contributed by atoms with Crippen LogP contribution in [0.25, 0.3) is 0 Å². The number of halogens is 2. The van der Waals surface area contributed by atoms with Gasteiger partial charge in [-0.3, -0.25) is 9.80 Å². The summed E-state index contributed by atoms with van der Waals surface area (Å²) in [7, 11) is 0. The van der Waals surface area contributed by atoms with Crippen LogP contribution in [0.15, 0.2) is 12.1 Å². The Morgan fingerprint density at radius 1 is 1.24 bits per heavy atom. The van der Waals surface area contributed by atoms with Gasteiger partial charge < -0.3 is 24.6 Å². The van der Waals surface area contributed by atoms with Crippen LogP contribution in [0.4, 0.5) is 13.6 Å². The summed E-state index contributed by atoms with van der Waals surface area (Å²) in [5.41, 5.74) is -0.679. The molecule has 0 aliphatic carbocycles. The van der Waals surface area contributed by atoms with E-state index in [9.17, 15) is 18.7 Å². The SMILES string of the molecule is CC(C)(C)OC(=O)NCCN1CC2CN(CC(O)COc3c(F)cc(C#N)cc3F)CC(C1)O2. The van der Waals surface area contributed by atoms with E-state index in [4.69, 9.17) is 19.5 Å². The van der Waals surface area contributed by atoms with Crippen molar-refractivity contribution in [2.45, 2.75) is 44.7 Å². The van der Waals surface area contributed by atoms with Gasteiger partial charge in [-0.25, -0.2) is 13.6 Å². The van der Waals surface area contributed by atoms with Crippen LogP contribution >= 0.6 is 0 Å². The summed E-state index contributed by atoms with van der Waals surface area (Å²) in [5.74, 6) is -2.57. The van der Waals surface area contributed by atoms with Gasteiger partial charge in [-0.05, 0) is 32.9 Å². The Kier molecular flexibility index (Phi) is 8.65. The van der Waals surface area contributed by atoms with Crippen LogP contribution in [0.2, 0.25) is 0 Å². The summed E-state index contributed by atoms with van der Waals surface area (Å²) >= 11 is 0. The number of aliphatic hydroxyl groups excluding tert-OH is 1. The topological polar surface area (TPSA) is 107 Å². The third-order valence-corrected chi connectivity index (χ3v) is 5.34. The van der Waals surface area contributed by atoms with E-state index in [0.29, 0.717) is 39.3 Å². The minimum atomic E-state index is -0.981. The lowest BCUT2D eigenvalue weighted by Crippen LogP contribution is -2.61. The lowest BCUT2D eigenvalue weighted by molar-refractivity contribution is -0.142. The van der Waals surface area contributed by atoms with Gasteiger partial charge in [-0.1, -0.05) is 0 Å². The molecule has 1 aromatic rings. The van der Waals surface area contributed by atoms with Gasteiger partial charge in [0.15, 0.2) is 17.4 Å². The molecule has 11 heteroatoms. The van der Waals surface area contributed by atoms with E-state index >= 15 is 0 Å². The molecular formula is C23H32F2N4O5. The van der Waals surface area contributed by atoms with Crippen LogP contribution in [0.3, 0.4) is 0 Å². The first-order valence-corrected chi connectivity index (χ1v) is 11.3. The number of amides is 1. The number of morpholine rings is 2. The third-order valence-electron chi connectivity index (χ3n) is 5.34. The largest absolute Gasteiger partial charge is 0.485 e. The number of aliphatic hydroxyl groups is 1. The minimum absolute atomic E-state index is 0.0458. The van der Waals surface area contributed by atoms with E-state index in [2.05, 4.69) is 15.1 Å². The van der Waals surface area contributed by atoms with E-state index in [1.807, 2.05) is 20.8 Å². The zero-order chi connectivity index (χ0) is 24.9. The van der Waals surface area contributed by atoms with Crippen molar-refractivity contribution in [1.82, 2.24) is 15.1 Å².